The first-order valence-corrected chi connectivity index (χ1v) is 8.16. The van der Waals surface area contributed by atoms with Crippen molar-refractivity contribution in [2.45, 2.75) is 13.8 Å². The first-order valence-electron chi connectivity index (χ1n) is 6.17. The molecular weight excluding hydrogens is 299 g/mol. The molecule has 0 fully saturated rings. The van der Waals surface area contributed by atoms with Gasteiger partial charge in [-0.25, -0.2) is 9.59 Å². The highest BCUT2D eigenvalue weighted by Gasteiger charge is 2.17. The van der Waals surface area contributed by atoms with Crippen molar-refractivity contribution >= 4 is 19.5 Å². The highest BCUT2D eigenvalue weighted by Crippen LogP contribution is 2.43. The third kappa shape index (κ3) is 10.0. The maximum absolute atomic E-state index is 11.8. The Bertz CT molecular complexity index is 417. The lowest BCUT2D eigenvalue weighted by Gasteiger charge is -2.14. The van der Waals surface area contributed by atoms with Gasteiger partial charge in [-0.2, -0.15) is 0 Å². The van der Waals surface area contributed by atoms with Crippen LogP contribution in [0.2, 0.25) is 0 Å². The highest BCUT2D eigenvalue weighted by atomic mass is 31.2. The molecule has 0 spiro atoms. The van der Waals surface area contributed by atoms with E-state index in [1.165, 1.54) is 20.5 Å². The van der Waals surface area contributed by atoms with Gasteiger partial charge in [0, 0.05) is 17.8 Å². The standard InChI is InChI=1S/C13H21O7P/c1-10(2)12(14)17-6-8-19-21(5,16)20-9-7-18-13(15)11(3)4/h1,3,6-9H2,2,4-5H3. The molecule has 0 unspecified atom stereocenters. The summed E-state index contributed by atoms with van der Waals surface area (Å²) in [4.78, 5) is 22.1. The lowest BCUT2D eigenvalue weighted by Crippen LogP contribution is -2.12. The van der Waals surface area contributed by atoms with Crippen molar-refractivity contribution in [3.8, 4) is 0 Å². The Morgan fingerprint density at radius 2 is 1.19 bits per heavy atom. The van der Waals surface area contributed by atoms with Crippen LogP contribution in [0.25, 0.3) is 0 Å². The molecule has 0 saturated heterocycles. The number of carbonyl (C=O) groups excluding carboxylic acids is 2. The van der Waals surface area contributed by atoms with Gasteiger partial charge >= 0.3 is 19.5 Å². The fraction of sp³-hybridized carbons (Fsp3) is 0.538. The molecule has 0 aliphatic carbocycles. The minimum atomic E-state index is -3.29. The molecule has 0 aliphatic heterocycles. The Morgan fingerprint density at radius 1 is 0.857 bits per heavy atom. The number of hydrogen-bond acceptors (Lipinski definition) is 7. The highest BCUT2D eigenvalue weighted by molar-refractivity contribution is 7.52. The van der Waals surface area contributed by atoms with Gasteiger partial charge < -0.3 is 18.5 Å². The monoisotopic (exact) mass is 320 g/mol. The van der Waals surface area contributed by atoms with E-state index in [9.17, 15) is 14.2 Å². The second kappa shape index (κ2) is 9.50. The third-order valence-electron chi connectivity index (χ3n) is 1.98. The second-order valence-electron chi connectivity index (χ2n) is 4.27. The van der Waals surface area contributed by atoms with E-state index >= 15 is 0 Å². The zero-order valence-electron chi connectivity index (χ0n) is 12.5. The molecule has 120 valence electrons. The van der Waals surface area contributed by atoms with Crippen molar-refractivity contribution in [3.05, 3.63) is 24.3 Å². The predicted octanol–water partition coefficient (Wildman–Crippen LogP) is 2.08. The largest absolute Gasteiger partial charge is 0.460 e. The van der Waals surface area contributed by atoms with Crippen LogP contribution in [0.3, 0.4) is 0 Å². The molecule has 0 heterocycles. The van der Waals surface area contributed by atoms with Crippen LogP contribution >= 0.6 is 7.60 Å². The molecule has 0 aromatic heterocycles. The van der Waals surface area contributed by atoms with Gasteiger partial charge in [0.2, 0.25) is 0 Å². The molecule has 0 aromatic rings. The Hall–Kier alpha value is -1.43. The Balaban J connectivity index is 3.81. The molecule has 8 heteroatoms. The van der Waals surface area contributed by atoms with Crippen molar-refractivity contribution < 1.29 is 32.7 Å². The average Bonchev–Trinajstić information content (AvgIpc) is 2.38. The second-order valence-corrected chi connectivity index (χ2v) is 6.33. The number of hydrogen-bond donors (Lipinski definition) is 0. The van der Waals surface area contributed by atoms with Crippen LogP contribution in [0.5, 0.6) is 0 Å². The van der Waals surface area contributed by atoms with Crippen LogP contribution in [-0.4, -0.2) is 45.0 Å². The zero-order chi connectivity index (χ0) is 16.5. The topological polar surface area (TPSA) is 88.1 Å². The minimum absolute atomic E-state index is 0.0580. The molecule has 0 atom stereocenters. The average molecular weight is 320 g/mol. The SMILES string of the molecule is C=C(C)C(=O)OCCOP(C)(=O)OCCOC(=O)C(=C)C. The van der Waals surface area contributed by atoms with Crippen molar-refractivity contribution in [1.29, 1.82) is 0 Å². The number of ether oxygens (including phenoxy) is 2. The molecule has 21 heavy (non-hydrogen) atoms. The number of carbonyl (C=O) groups is 2. The summed E-state index contributed by atoms with van der Waals surface area (Å²) < 4.78 is 31.3. The van der Waals surface area contributed by atoms with E-state index in [0.29, 0.717) is 0 Å². The predicted molar refractivity (Wildman–Crippen MR) is 77.0 cm³/mol. The number of esters is 2. The maximum atomic E-state index is 11.8. The van der Waals surface area contributed by atoms with Crippen molar-refractivity contribution in [2.75, 3.05) is 33.1 Å². The van der Waals surface area contributed by atoms with Crippen LogP contribution in [-0.2, 0) is 32.7 Å². The lowest BCUT2D eigenvalue weighted by atomic mass is 10.4. The quantitative estimate of drug-likeness (QED) is 0.263. The molecule has 0 N–H and O–H groups in total. The summed E-state index contributed by atoms with van der Waals surface area (Å²) in [6.45, 7) is 10.9. The molecule has 7 nitrogen and oxygen atoms in total. The maximum Gasteiger partial charge on any atom is 0.333 e. The summed E-state index contributed by atoms with van der Waals surface area (Å²) in [7, 11) is -3.29. The first kappa shape index (κ1) is 19.6. The van der Waals surface area contributed by atoms with Gasteiger partial charge in [0.15, 0.2) is 0 Å². The van der Waals surface area contributed by atoms with E-state index in [1.807, 2.05) is 0 Å². The van der Waals surface area contributed by atoms with E-state index in [2.05, 4.69) is 13.2 Å². The van der Waals surface area contributed by atoms with Gasteiger partial charge in [-0.15, -0.1) is 0 Å². The van der Waals surface area contributed by atoms with E-state index in [1.54, 1.807) is 0 Å². The fourth-order valence-corrected chi connectivity index (χ4v) is 1.85. The van der Waals surface area contributed by atoms with Crippen LogP contribution in [0.15, 0.2) is 24.3 Å². The zero-order valence-corrected chi connectivity index (χ0v) is 13.4. The van der Waals surface area contributed by atoms with Crippen molar-refractivity contribution in [1.82, 2.24) is 0 Å². The minimum Gasteiger partial charge on any atom is -0.460 e. The summed E-state index contributed by atoms with van der Waals surface area (Å²) >= 11 is 0. The smallest absolute Gasteiger partial charge is 0.333 e. The molecule has 0 aliphatic rings. The molecule has 0 aromatic carbocycles. The summed E-state index contributed by atoms with van der Waals surface area (Å²) in [6, 6.07) is 0. The van der Waals surface area contributed by atoms with Crippen LogP contribution < -0.4 is 0 Å². The fourth-order valence-electron chi connectivity index (χ4n) is 0.959. The van der Waals surface area contributed by atoms with Gasteiger partial charge in [-0.3, -0.25) is 4.57 Å². The van der Waals surface area contributed by atoms with Gasteiger partial charge in [-0.1, -0.05) is 13.2 Å². The Kier molecular flexibility index (Phi) is 8.85. The lowest BCUT2D eigenvalue weighted by molar-refractivity contribution is -0.140. The summed E-state index contributed by atoms with van der Waals surface area (Å²) in [5, 5.41) is 0. The molecule has 0 rings (SSSR count). The van der Waals surface area contributed by atoms with Gasteiger partial charge in [0.1, 0.15) is 13.2 Å². The summed E-state index contributed by atoms with van der Waals surface area (Å²) in [6.07, 6.45) is 0. The van der Waals surface area contributed by atoms with E-state index in [-0.39, 0.29) is 37.6 Å². The van der Waals surface area contributed by atoms with Gasteiger partial charge in [0.05, 0.1) is 13.2 Å². The molecule has 0 saturated carbocycles. The van der Waals surface area contributed by atoms with Gasteiger partial charge in [0.25, 0.3) is 0 Å². The summed E-state index contributed by atoms with van der Waals surface area (Å²) in [5.41, 5.74) is 0.538. The molecule has 0 radical (unpaired) electrons. The van der Waals surface area contributed by atoms with E-state index < -0.39 is 19.5 Å². The third-order valence-corrected chi connectivity index (χ3v) is 3.28. The Morgan fingerprint density at radius 3 is 1.48 bits per heavy atom. The van der Waals surface area contributed by atoms with Crippen molar-refractivity contribution in [2.24, 2.45) is 0 Å². The van der Waals surface area contributed by atoms with E-state index in [4.69, 9.17) is 18.5 Å². The van der Waals surface area contributed by atoms with Crippen LogP contribution in [0.1, 0.15) is 13.8 Å². The Labute approximate surface area is 124 Å². The van der Waals surface area contributed by atoms with Crippen molar-refractivity contribution in [3.63, 3.8) is 0 Å². The summed E-state index contributed by atoms with van der Waals surface area (Å²) in [5.74, 6) is -1.09. The van der Waals surface area contributed by atoms with Crippen LogP contribution in [0.4, 0.5) is 0 Å². The molecular formula is C13H21O7P. The molecule has 0 bridgehead atoms. The first-order chi connectivity index (χ1) is 9.65. The van der Waals surface area contributed by atoms with E-state index in [0.717, 1.165) is 0 Å². The molecule has 0 amide bonds. The number of rotatable bonds is 10. The van der Waals surface area contributed by atoms with Gasteiger partial charge in [-0.05, 0) is 13.8 Å². The van der Waals surface area contributed by atoms with Crippen LogP contribution in [0, 0.1) is 0 Å². The normalized spacial score (nSPS) is 10.8.